The summed E-state index contributed by atoms with van der Waals surface area (Å²) >= 11 is 0. The molecule has 0 saturated carbocycles. The lowest BCUT2D eigenvalue weighted by molar-refractivity contribution is -0.144. The summed E-state index contributed by atoms with van der Waals surface area (Å²) in [5.74, 6) is 0.525. The Hall–Kier alpha value is -5.30. The average Bonchev–Trinajstić information content (AvgIpc) is 3.43. The Balaban J connectivity index is 1.38. The van der Waals surface area contributed by atoms with Crippen LogP contribution in [0.3, 0.4) is 0 Å². The van der Waals surface area contributed by atoms with Crippen LogP contribution in [0.4, 0.5) is 16.3 Å². The van der Waals surface area contributed by atoms with Crippen LogP contribution in [0.1, 0.15) is 67.2 Å². The van der Waals surface area contributed by atoms with Crippen LogP contribution in [0, 0.1) is 0 Å². The number of amides is 2. The summed E-state index contributed by atoms with van der Waals surface area (Å²) < 4.78 is 17.2. The number of methoxy groups -OCH3 is 1. The summed E-state index contributed by atoms with van der Waals surface area (Å²) in [6.07, 6.45) is 6.20. The first-order valence-electron chi connectivity index (χ1n) is 16.5. The number of nitrogens with two attached hydrogens (primary N) is 1. The van der Waals surface area contributed by atoms with Gasteiger partial charge in [0.1, 0.15) is 24.1 Å². The Morgan fingerprint density at radius 3 is 2.45 bits per heavy atom. The number of imidazole rings is 1. The molecule has 2 aromatic carbocycles. The summed E-state index contributed by atoms with van der Waals surface area (Å²) in [6.45, 7) is 3.43. The average molecular weight is 672 g/mol. The van der Waals surface area contributed by atoms with Gasteiger partial charge in [0, 0.05) is 43.7 Å². The van der Waals surface area contributed by atoms with Gasteiger partial charge < -0.3 is 29.8 Å². The third-order valence-corrected chi connectivity index (χ3v) is 7.80. The van der Waals surface area contributed by atoms with E-state index in [4.69, 9.17) is 24.9 Å². The van der Waals surface area contributed by atoms with Crippen molar-refractivity contribution in [2.45, 2.75) is 52.0 Å². The lowest BCUT2D eigenvalue weighted by atomic mass is 10.1. The van der Waals surface area contributed by atoms with E-state index in [1.165, 1.54) is 18.4 Å². The maximum atomic E-state index is 13.7. The molecule has 0 radical (unpaired) electrons. The molecule has 0 atom stereocenters. The van der Waals surface area contributed by atoms with Crippen molar-refractivity contribution >= 4 is 46.3 Å². The molecule has 0 aliphatic rings. The lowest BCUT2D eigenvalue weighted by Gasteiger charge is -2.21. The molecule has 0 unspecified atom stereocenters. The van der Waals surface area contributed by atoms with E-state index < -0.39 is 12.1 Å². The zero-order valence-corrected chi connectivity index (χ0v) is 28.4. The van der Waals surface area contributed by atoms with Crippen LogP contribution < -0.4 is 16.0 Å². The maximum Gasteiger partial charge on any atom is 0.435 e. The molecule has 4 rings (SSSR count). The minimum Gasteiger partial charge on any atom is -0.463 e. The quantitative estimate of drug-likeness (QED) is 0.0587. The molecule has 260 valence electrons. The normalized spacial score (nSPS) is 11.4. The van der Waals surface area contributed by atoms with Crippen LogP contribution in [0.25, 0.3) is 11.0 Å². The van der Waals surface area contributed by atoms with E-state index >= 15 is 0 Å². The topological polar surface area (TPSA) is 163 Å². The first-order valence-corrected chi connectivity index (χ1v) is 16.5. The van der Waals surface area contributed by atoms with Gasteiger partial charge in [-0.2, -0.15) is 4.99 Å². The number of rotatable bonds is 18. The van der Waals surface area contributed by atoms with Crippen molar-refractivity contribution in [2.75, 3.05) is 43.7 Å². The fourth-order valence-electron chi connectivity index (χ4n) is 5.04. The number of amidine groups is 1. The highest BCUT2D eigenvalue weighted by Gasteiger charge is 2.21. The second-order valence-corrected chi connectivity index (χ2v) is 11.4. The van der Waals surface area contributed by atoms with Crippen LogP contribution in [-0.2, 0) is 32.6 Å². The summed E-state index contributed by atoms with van der Waals surface area (Å²) in [7, 11) is 3.44. The number of ether oxygens (including phenoxy) is 3. The van der Waals surface area contributed by atoms with Crippen molar-refractivity contribution in [2.24, 2.45) is 17.8 Å². The third kappa shape index (κ3) is 10.9. The van der Waals surface area contributed by atoms with E-state index in [0.717, 1.165) is 42.7 Å². The molecule has 2 amide bonds. The summed E-state index contributed by atoms with van der Waals surface area (Å²) in [4.78, 5) is 52.5. The number of aliphatic imine (C=N–C) groups is 1. The third-order valence-electron chi connectivity index (χ3n) is 7.80. The molecule has 4 aromatic rings. The van der Waals surface area contributed by atoms with Gasteiger partial charge in [0.2, 0.25) is 0 Å². The van der Waals surface area contributed by atoms with Crippen LogP contribution in [0.2, 0.25) is 0 Å². The molecule has 3 N–H and O–H groups in total. The molecule has 0 spiro atoms. The number of carbonyl (C=O) groups is 3. The molecular weight excluding hydrogens is 626 g/mol. The first kappa shape index (κ1) is 36.5. The highest BCUT2D eigenvalue weighted by Crippen LogP contribution is 2.21. The van der Waals surface area contributed by atoms with E-state index in [-0.39, 0.29) is 31.3 Å². The summed E-state index contributed by atoms with van der Waals surface area (Å²) in [5, 5.41) is 3.35. The van der Waals surface area contributed by atoms with E-state index in [9.17, 15) is 14.4 Å². The molecule has 13 heteroatoms. The Kier molecular flexibility index (Phi) is 14.1. The van der Waals surface area contributed by atoms with Crippen molar-refractivity contribution in [1.29, 1.82) is 0 Å². The van der Waals surface area contributed by atoms with Gasteiger partial charge in [0.25, 0.3) is 5.91 Å². The van der Waals surface area contributed by atoms with Crippen molar-refractivity contribution in [1.82, 2.24) is 14.5 Å². The SMILES string of the molecule is CCCCCCCOC(=O)/N=C(\N)c1ccc(NCc2nc3cc(C(=O)N(CCC(=O)OCCOC)c4ccccn4)ccc3n2C)cc1. The lowest BCUT2D eigenvalue weighted by Crippen LogP contribution is -2.34. The Bertz CT molecular complexity index is 1710. The molecule has 49 heavy (non-hydrogen) atoms. The zero-order chi connectivity index (χ0) is 35.0. The van der Waals surface area contributed by atoms with Gasteiger partial charge in [-0.3, -0.25) is 14.5 Å². The number of fused-ring (bicyclic) bond motifs is 1. The first-order chi connectivity index (χ1) is 23.8. The van der Waals surface area contributed by atoms with Crippen molar-refractivity contribution < 1.29 is 28.6 Å². The number of hydrogen-bond donors (Lipinski definition) is 2. The molecule has 0 bridgehead atoms. The van der Waals surface area contributed by atoms with E-state index in [0.29, 0.717) is 42.2 Å². The van der Waals surface area contributed by atoms with Crippen molar-refractivity contribution in [3.05, 3.63) is 83.8 Å². The molecule has 0 fully saturated rings. The number of nitrogens with one attached hydrogen (secondary N) is 1. The number of carbonyl (C=O) groups excluding carboxylic acids is 3. The van der Waals surface area contributed by atoms with Gasteiger partial charge in [0.15, 0.2) is 0 Å². The number of unbranched alkanes of at least 4 members (excludes halogenated alkanes) is 4. The Morgan fingerprint density at radius 1 is 0.939 bits per heavy atom. The van der Waals surface area contributed by atoms with Crippen LogP contribution in [0.5, 0.6) is 0 Å². The number of aryl methyl sites for hydroxylation is 1. The van der Waals surface area contributed by atoms with Crippen LogP contribution >= 0.6 is 0 Å². The molecule has 0 aliphatic carbocycles. The van der Waals surface area contributed by atoms with Gasteiger partial charge in [-0.1, -0.05) is 38.7 Å². The van der Waals surface area contributed by atoms with Crippen molar-refractivity contribution in [3.8, 4) is 0 Å². The number of esters is 1. The number of anilines is 2. The molecule has 0 aliphatic heterocycles. The molecular formula is C36H45N7O6. The fourth-order valence-corrected chi connectivity index (χ4v) is 5.04. The summed E-state index contributed by atoms with van der Waals surface area (Å²) in [5.41, 5.74) is 9.38. The Labute approximate surface area is 286 Å². The number of hydrogen-bond acceptors (Lipinski definition) is 9. The zero-order valence-electron chi connectivity index (χ0n) is 28.4. The van der Waals surface area contributed by atoms with Gasteiger partial charge in [-0.25, -0.2) is 14.8 Å². The monoisotopic (exact) mass is 671 g/mol. The maximum absolute atomic E-state index is 13.7. The van der Waals surface area contributed by atoms with Gasteiger partial charge >= 0.3 is 12.1 Å². The van der Waals surface area contributed by atoms with Crippen molar-refractivity contribution in [3.63, 3.8) is 0 Å². The minimum absolute atomic E-state index is 0.000156. The second-order valence-electron chi connectivity index (χ2n) is 11.4. The highest BCUT2D eigenvalue weighted by atomic mass is 16.6. The summed E-state index contributed by atoms with van der Waals surface area (Å²) in [6, 6.07) is 17.8. The largest absolute Gasteiger partial charge is 0.463 e. The van der Waals surface area contributed by atoms with E-state index in [2.05, 4.69) is 22.2 Å². The minimum atomic E-state index is -0.690. The number of nitrogens with zero attached hydrogens (tertiary/aromatic N) is 5. The molecule has 13 nitrogen and oxygen atoms in total. The molecule has 2 heterocycles. The standard InChI is InChI=1S/C36H45N7O6/c1-4-5-6-7-10-21-49-36(46)41-34(37)26-12-15-28(16-13-26)39-25-32-40-29-24-27(14-17-30(29)42(32)2)35(45)43(31-11-8-9-19-38-31)20-18-33(44)48-23-22-47-3/h8-9,11-17,19,24,39H,4-7,10,18,20-23,25H2,1-3H3,(H2,37,41,46). The molecule has 0 saturated heterocycles. The van der Waals surface area contributed by atoms with Gasteiger partial charge in [-0.05, 0) is 61.0 Å². The van der Waals surface area contributed by atoms with Crippen LogP contribution in [0.15, 0.2) is 71.9 Å². The van der Waals surface area contributed by atoms with Gasteiger partial charge in [-0.15, -0.1) is 0 Å². The van der Waals surface area contributed by atoms with E-state index in [1.54, 1.807) is 48.7 Å². The predicted octanol–water partition coefficient (Wildman–Crippen LogP) is 5.62. The van der Waals surface area contributed by atoms with Gasteiger partial charge in [0.05, 0.1) is 37.2 Å². The Morgan fingerprint density at radius 2 is 1.71 bits per heavy atom. The highest BCUT2D eigenvalue weighted by molar-refractivity contribution is 6.07. The smallest absolute Gasteiger partial charge is 0.435 e. The molecule has 2 aromatic heterocycles. The second kappa shape index (κ2) is 18.9. The number of aromatic nitrogens is 3. The number of pyridine rings is 1. The fraction of sp³-hybridized carbons (Fsp3) is 0.389. The predicted molar refractivity (Wildman–Crippen MR) is 189 cm³/mol. The van der Waals surface area contributed by atoms with Crippen LogP contribution in [-0.4, -0.2) is 71.8 Å². The van der Waals surface area contributed by atoms with E-state index in [1.807, 2.05) is 29.8 Å². The number of benzene rings is 2.